The molecule has 0 aromatic heterocycles. The molecule has 5 nitrogen and oxygen atoms in total. The number of amidine groups is 1. The Kier molecular flexibility index (Phi) is 6.55. The van der Waals surface area contributed by atoms with E-state index in [1.807, 2.05) is 50.4 Å². The van der Waals surface area contributed by atoms with Crippen LogP contribution in [-0.2, 0) is 11.2 Å². The van der Waals surface area contributed by atoms with Crippen molar-refractivity contribution in [1.82, 2.24) is 5.32 Å². The van der Waals surface area contributed by atoms with E-state index in [4.69, 9.17) is 10.9 Å². The van der Waals surface area contributed by atoms with E-state index in [1.54, 1.807) is 11.8 Å². The molecule has 0 saturated carbocycles. The summed E-state index contributed by atoms with van der Waals surface area (Å²) in [5.41, 5.74) is 6.64. The lowest BCUT2D eigenvalue weighted by molar-refractivity contribution is -0.123. The Morgan fingerprint density at radius 3 is 2.57 bits per heavy atom. The summed E-state index contributed by atoms with van der Waals surface area (Å²) in [4.78, 5) is 12.3. The smallest absolute Gasteiger partial charge is 0.231 e. The van der Waals surface area contributed by atoms with Gasteiger partial charge in [0.25, 0.3) is 0 Å². The number of nitrogens with two attached hydrogens (primary N) is 1. The van der Waals surface area contributed by atoms with Crippen LogP contribution < -0.4 is 11.1 Å². The van der Waals surface area contributed by atoms with Crippen molar-refractivity contribution in [2.24, 2.45) is 16.8 Å². The van der Waals surface area contributed by atoms with Crippen LogP contribution in [0.15, 0.2) is 35.5 Å². The summed E-state index contributed by atoms with van der Waals surface area (Å²) < 4.78 is -0.0575. The Morgan fingerprint density at radius 1 is 1.43 bits per heavy atom. The second-order valence-electron chi connectivity index (χ2n) is 5.45. The summed E-state index contributed by atoms with van der Waals surface area (Å²) in [6, 6.07) is 9.53. The molecule has 0 heterocycles. The van der Waals surface area contributed by atoms with E-state index >= 15 is 0 Å². The first kappa shape index (κ1) is 17.4. The molecule has 0 bridgehead atoms. The van der Waals surface area contributed by atoms with Crippen molar-refractivity contribution in [1.29, 1.82) is 0 Å². The van der Waals surface area contributed by atoms with Crippen LogP contribution in [0.2, 0.25) is 0 Å². The molecule has 0 aliphatic heterocycles. The summed E-state index contributed by atoms with van der Waals surface area (Å²) in [7, 11) is 0. The molecule has 0 aliphatic rings. The second kappa shape index (κ2) is 7.93. The minimum absolute atomic E-state index is 0.0575. The lowest BCUT2D eigenvalue weighted by Crippen LogP contribution is -2.44. The van der Waals surface area contributed by atoms with Gasteiger partial charge in [-0.1, -0.05) is 35.5 Å². The first-order chi connectivity index (χ1) is 9.89. The van der Waals surface area contributed by atoms with Gasteiger partial charge >= 0.3 is 0 Å². The fraction of sp³-hybridized carbons (Fsp3) is 0.467. The standard InChI is InChI=1S/C15H23N3O2S/c1-15(2,21-3)10-17-14(19)12(13(16)18-20)9-11-7-5-4-6-8-11/h4-8,12,20H,9-10H2,1-3H3,(H2,16,18)(H,17,19). The molecule has 0 radical (unpaired) electrons. The number of nitrogens with zero attached hydrogens (tertiary/aromatic N) is 1. The van der Waals surface area contributed by atoms with Crippen molar-refractivity contribution in [3.63, 3.8) is 0 Å². The molecule has 0 aliphatic carbocycles. The molecule has 1 atom stereocenters. The van der Waals surface area contributed by atoms with Crippen molar-refractivity contribution >= 4 is 23.5 Å². The van der Waals surface area contributed by atoms with Gasteiger partial charge in [-0.15, -0.1) is 0 Å². The zero-order chi connectivity index (χ0) is 15.9. The fourth-order valence-electron chi connectivity index (χ4n) is 1.75. The van der Waals surface area contributed by atoms with Crippen molar-refractivity contribution in [2.75, 3.05) is 12.8 Å². The van der Waals surface area contributed by atoms with E-state index in [0.29, 0.717) is 13.0 Å². The maximum atomic E-state index is 12.3. The highest BCUT2D eigenvalue weighted by Crippen LogP contribution is 2.20. The average Bonchev–Trinajstić information content (AvgIpc) is 2.50. The highest BCUT2D eigenvalue weighted by Gasteiger charge is 2.25. The van der Waals surface area contributed by atoms with Gasteiger partial charge < -0.3 is 16.3 Å². The number of thioether (sulfide) groups is 1. The first-order valence-electron chi connectivity index (χ1n) is 6.74. The van der Waals surface area contributed by atoms with Gasteiger partial charge in [-0.05, 0) is 32.1 Å². The minimum Gasteiger partial charge on any atom is -0.409 e. The van der Waals surface area contributed by atoms with E-state index in [-0.39, 0.29) is 16.5 Å². The van der Waals surface area contributed by atoms with Crippen LogP contribution in [0.3, 0.4) is 0 Å². The molecule has 0 saturated heterocycles. The van der Waals surface area contributed by atoms with Crippen LogP contribution in [-0.4, -0.2) is 34.5 Å². The highest BCUT2D eigenvalue weighted by molar-refractivity contribution is 7.99. The predicted molar refractivity (Wildman–Crippen MR) is 87.6 cm³/mol. The van der Waals surface area contributed by atoms with E-state index in [1.165, 1.54) is 0 Å². The number of benzene rings is 1. The van der Waals surface area contributed by atoms with E-state index in [2.05, 4.69) is 10.5 Å². The van der Waals surface area contributed by atoms with Gasteiger partial charge in [0, 0.05) is 11.3 Å². The number of oxime groups is 1. The first-order valence-corrected chi connectivity index (χ1v) is 7.96. The SMILES string of the molecule is CSC(C)(C)CNC(=O)C(Cc1ccccc1)/C(N)=N/O. The van der Waals surface area contributed by atoms with Crippen LogP contribution in [0, 0.1) is 5.92 Å². The molecular weight excluding hydrogens is 286 g/mol. The third-order valence-corrected chi connectivity index (χ3v) is 4.56. The van der Waals surface area contributed by atoms with Gasteiger partial charge in [-0.3, -0.25) is 4.79 Å². The van der Waals surface area contributed by atoms with Crippen LogP contribution >= 0.6 is 11.8 Å². The van der Waals surface area contributed by atoms with Gasteiger partial charge in [0.2, 0.25) is 5.91 Å². The predicted octanol–water partition coefficient (Wildman–Crippen LogP) is 1.85. The third kappa shape index (κ3) is 5.67. The lowest BCUT2D eigenvalue weighted by atomic mass is 9.97. The monoisotopic (exact) mass is 309 g/mol. The molecule has 1 rings (SSSR count). The maximum absolute atomic E-state index is 12.3. The molecule has 116 valence electrons. The summed E-state index contributed by atoms with van der Waals surface area (Å²) in [5.74, 6) is -0.968. The van der Waals surface area contributed by atoms with Crippen molar-refractivity contribution < 1.29 is 10.0 Å². The molecule has 1 aromatic rings. The number of hydrogen-bond acceptors (Lipinski definition) is 4. The summed E-state index contributed by atoms with van der Waals surface area (Å²) in [6.45, 7) is 4.62. The van der Waals surface area contributed by atoms with Crippen LogP contribution in [0.1, 0.15) is 19.4 Å². The van der Waals surface area contributed by atoms with Crippen molar-refractivity contribution in [3.05, 3.63) is 35.9 Å². The Hall–Kier alpha value is -1.69. The number of nitrogens with one attached hydrogen (secondary N) is 1. The molecule has 1 aromatic carbocycles. The normalized spacial score (nSPS) is 13.8. The Bertz CT molecular complexity index is 489. The number of amides is 1. The number of rotatable bonds is 7. The number of carbonyl (C=O) groups excluding carboxylic acids is 1. The van der Waals surface area contributed by atoms with Crippen LogP contribution in [0.25, 0.3) is 0 Å². The zero-order valence-electron chi connectivity index (χ0n) is 12.7. The van der Waals surface area contributed by atoms with Gasteiger partial charge in [-0.25, -0.2) is 0 Å². The lowest BCUT2D eigenvalue weighted by Gasteiger charge is -2.24. The van der Waals surface area contributed by atoms with E-state index in [0.717, 1.165) is 5.56 Å². The van der Waals surface area contributed by atoms with E-state index < -0.39 is 5.92 Å². The maximum Gasteiger partial charge on any atom is 0.231 e. The fourth-order valence-corrected chi connectivity index (χ4v) is 1.96. The van der Waals surface area contributed by atoms with Crippen LogP contribution in [0.4, 0.5) is 0 Å². The Labute approximate surface area is 130 Å². The third-order valence-electron chi connectivity index (χ3n) is 3.31. The number of carbonyl (C=O) groups is 1. The molecule has 1 amide bonds. The summed E-state index contributed by atoms with van der Waals surface area (Å²) in [6.07, 6.45) is 2.40. The molecule has 0 fully saturated rings. The highest BCUT2D eigenvalue weighted by atomic mass is 32.2. The topological polar surface area (TPSA) is 87.7 Å². The van der Waals surface area contributed by atoms with Crippen LogP contribution in [0.5, 0.6) is 0 Å². The second-order valence-corrected chi connectivity index (χ2v) is 6.96. The summed E-state index contributed by atoms with van der Waals surface area (Å²) >= 11 is 1.67. The van der Waals surface area contributed by atoms with Gasteiger partial charge in [0.1, 0.15) is 5.92 Å². The quantitative estimate of drug-likeness (QED) is 0.310. The van der Waals surface area contributed by atoms with Crippen molar-refractivity contribution in [3.8, 4) is 0 Å². The molecular formula is C15H23N3O2S. The van der Waals surface area contributed by atoms with Gasteiger partial charge in [0.15, 0.2) is 5.84 Å². The molecule has 6 heteroatoms. The largest absolute Gasteiger partial charge is 0.409 e. The number of hydrogen-bond donors (Lipinski definition) is 3. The minimum atomic E-state index is -0.671. The molecule has 0 spiro atoms. The van der Waals surface area contributed by atoms with Crippen molar-refractivity contribution in [2.45, 2.75) is 25.0 Å². The summed E-state index contributed by atoms with van der Waals surface area (Å²) in [5, 5.41) is 14.8. The average molecular weight is 309 g/mol. The zero-order valence-corrected chi connectivity index (χ0v) is 13.5. The molecule has 21 heavy (non-hydrogen) atoms. The molecule has 1 unspecified atom stereocenters. The van der Waals surface area contributed by atoms with E-state index in [9.17, 15) is 4.79 Å². The Morgan fingerprint density at radius 2 is 2.05 bits per heavy atom. The van der Waals surface area contributed by atoms with Gasteiger partial charge in [-0.2, -0.15) is 11.8 Å². The van der Waals surface area contributed by atoms with Gasteiger partial charge in [0.05, 0.1) is 0 Å². The Balaban J connectivity index is 2.76. The molecule has 4 N–H and O–H groups in total.